The lowest BCUT2D eigenvalue weighted by molar-refractivity contribution is -0.147. The first-order chi connectivity index (χ1) is 5.86. The molecule has 2 heteroatoms. The smallest absolute Gasteiger partial charge is 0.314 e. The summed E-state index contributed by atoms with van der Waals surface area (Å²) < 4.78 is 5.21. The van der Waals surface area contributed by atoms with Gasteiger partial charge in [0, 0.05) is 0 Å². The summed E-state index contributed by atoms with van der Waals surface area (Å²) in [6, 6.07) is 0. The molecule has 1 fully saturated rings. The minimum Gasteiger partial charge on any atom is -0.453 e. The van der Waals surface area contributed by atoms with Crippen molar-refractivity contribution in [3.63, 3.8) is 0 Å². The lowest BCUT2D eigenvalue weighted by atomic mass is 10.0. The quantitative estimate of drug-likeness (QED) is 0.500. The maximum Gasteiger partial charge on any atom is 0.314 e. The van der Waals surface area contributed by atoms with E-state index in [-0.39, 0.29) is 18.0 Å². The maximum absolute atomic E-state index is 11.2. The summed E-state index contributed by atoms with van der Waals surface area (Å²) in [6.07, 6.45) is 8.72. The molecule has 0 N–H and O–H groups in total. The molecule has 0 aromatic rings. The molecule has 3 aliphatic rings. The molecule has 0 bridgehead atoms. The summed E-state index contributed by atoms with van der Waals surface area (Å²) in [6.45, 7) is 0. The number of fused-ring (bicyclic) bond motifs is 2. The van der Waals surface area contributed by atoms with Crippen molar-refractivity contribution in [3.05, 3.63) is 35.5 Å². The second kappa shape index (κ2) is 1.89. The largest absolute Gasteiger partial charge is 0.453 e. The van der Waals surface area contributed by atoms with Gasteiger partial charge in [0.15, 0.2) is 0 Å². The van der Waals surface area contributed by atoms with Crippen molar-refractivity contribution in [2.75, 3.05) is 0 Å². The summed E-state index contributed by atoms with van der Waals surface area (Å²) >= 11 is 0. The highest BCUT2D eigenvalue weighted by atomic mass is 16.5. The van der Waals surface area contributed by atoms with Crippen LogP contribution in [0.2, 0.25) is 0 Å². The normalized spacial score (nSPS) is 35.8. The van der Waals surface area contributed by atoms with Crippen molar-refractivity contribution in [1.29, 1.82) is 0 Å². The highest BCUT2D eigenvalue weighted by Crippen LogP contribution is 2.47. The zero-order valence-corrected chi connectivity index (χ0v) is 6.49. The predicted molar refractivity (Wildman–Crippen MR) is 43.3 cm³/mol. The van der Waals surface area contributed by atoms with Crippen LogP contribution in [0.4, 0.5) is 0 Å². The van der Waals surface area contributed by atoms with Crippen LogP contribution in [0.25, 0.3) is 0 Å². The summed E-state index contributed by atoms with van der Waals surface area (Å²) in [5, 5.41) is 0. The Kier molecular flexibility index (Phi) is 0.980. The van der Waals surface area contributed by atoms with E-state index in [2.05, 4.69) is 0 Å². The highest BCUT2D eigenvalue weighted by Gasteiger charge is 2.46. The summed E-state index contributed by atoms with van der Waals surface area (Å²) in [5.74, 6) is 0.0612. The zero-order chi connectivity index (χ0) is 8.13. The van der Waals surface area contributed by atoms with E-state index in [0.29, 0.717) is 0 Å². The van der Waals surface area contributed by atoms with Crippen LogP contribution in [0.1, 0.15) is 6.42 Å². The van der Waals surface area contributed by atoms with Crippen LogP contribution in [0, 0.1) is 5.92 Å². The second-order valence-corrected chi connectivity index (χ2v) is 3.34. The molecular weight excluding hydrogens is 152 g/mol. The number of hydrogen-bond donors (Lipinski definition) is 0. The first kappa shape index (κ1) is 6.23. The predicted octanol–water partition coefficient (Wildman–Crippen LogP) is 1.35. The van der Waals surface area contributed by atoms with Crippen LogP contribution >= 0.6 is 0 Å². The summed E-state index contributed by atoms with van der Waals surface area (Å²) in [5.41, 5.74) is 2.50. The van der Waals surface area contributed by atoms with Crippen LogP contribution in [-0.2, 0) is 9.53 Å². The Morgan fingerprint density at radius 1 is 1.42 bits per heavy atom. The molecule has 0 saturated heterocycles. The molecule has 60 valence electrons. The van der Waals surface area contributed by atoms with E-state index in [1.54, 1.807) is 0 Å². The highest BCUT2D eigenvalue weighted by molar-refractivity contribution is 5.84. The van der Waals surface area contributed by atoms with Crippen molar-refractivity contribution in [3.8, 4) is 0 Å². The lowest BCUT2D eigenvalue weighted by Crippen LogP contribution is -2.23. The molecule has 2 aliphatic carbocycles. The van der Waals surface area contributed by atoms with Gasteiger partial charge in [0.1, 0.15) is 6.10 Å². The Hall–Kier alpha value is -1.31. The molecule has 3 rings (SSSR count). The van der Waals surface area contributed by atoms with E-state index in [0.717, 1.165) is 6.42 Å². The van der Waals surface area contributed by atoms with Crippen LogP contribution < -0.4 is 0 Å². The van der Waals surface area contributed by atoms with Gasteiger partial charge in [0.2, 0.25) is 0 Å². The Bertz CT molecular complexity index is 347. The molecule has 0 spiro atoms. The van der Waals surface area contributed by atoms with E-state index in [1.807, 2.05) is 24.3 Å². The summed E-state index contributed by atoms with van der Waals surface area (Å²) in [4.78, 5) is 11.2. The molecule has 12 heavy (non-hydrogen) atoms. The standard InChI is InChI=1S/C10H8O2/c11-10-8-5-7(8)6-3-1-2-4-9(6)12-10/h1-4,8-9H,5H2. The van der Waals surface area contributed by atoms with Gasteiger partial charge in [0.25, 0.3) is 0 Å². The Morgan fingerprint density at radius 3 is 3.25 bits per heavy atom. The number of ether oxygens (including phenoxy) is 1. The minimum atomic E-state index is -0.0868. The van der Waals surface area contributed by atoms with Crippen LogP contribution in [0.3, 0.4) is 0 Å². The van der Waals surface area contributed by atoms with Gasteiger partial charge < -0.3 is 4.74 Å². The Morgan fingerprint density at radius 2 is 2.33 bits per heavy atom. The van der Waals surface area contributed by atoms with Crippen molar-refractivity contribution in [1.82, 2.24) is 0 Å². The van der Waals surface area contributed by atoms with Crippen LogP contribution in [0.5, 0.6) is 0 Å². The maximum atomic E-state index is 11.2. The fraction of sp³-hybridized carbons (Fsp3) is 0.300. The Balaban J connectivity index is 2.11. The van der Waals surface area contributed by atoms with Gasteiger partial charge in [-0.1, -0.05) is 18.2 Å². The van der Waals surface area contributed by atoms with Crippen molar-refractivity contribution in [2.45, 2.75) is 12.5 Å². The SMILES string of the molecule is O=C1OC2C=CC=CC2=C2CC12. The second-order valence-electron chi connectivity index (χ2n) is 3.34. The van der Waals surface area contributed by atoms with Gasteiger partial charge in [-0.25, -0.2) is 0 Å². The van der Waals surface area contributed by atoms with Crippen LogP contribution in [-0.4, -0.2) is 12.1 Å². The van der Waals surface area contributed by atoms with Gasteiger partial charge in [-0.05, 0) is 23.6 Å². The van der Waals surface area contributed by atoms with E-state index < -0.39 is 0 Å². The molecule has 1 heterocycles. The van der Waals surface area contributed by atoms with Gasteiger partial charge in [-0.2, -0.15) is 0 Å². The third-order valence-corrected chi connectivity index (χ3v) is 2.56. The monoisotopic (exact) mass is 160 g/mol. The molecule has 1 aliphatic heterocycles. The molecule has 2 nitrogen and oxygen atoms in total. The first-order valence-corrected chi connectivity index (χ1v) is 4.14. The molecule has 2 unspecified atom stereocenters. The van der Waals surface area contributed by atoms with E-state index in [1.165, 1.54) is 11.1 Å². The first-order valence-electron chi connectivity index (χ1n) is 4.14. The lowest BCUT2D eigenvalue weighted by Gasteiger charge is -2.20. The number of esters is 1. The van der Waals surface area contributed by atoms with Crippen molar-refractivity contribution >= 4 is 5.97 Å². The van der Waals surface area contributed by atoms with Gasteiger partial charge in [0.05, 0.1) is 5.92 Å². The zero-order valence-electron chi connectivity index (χ0n) is 6.49. The summed E-state index contributed by atoms with van der Waals surface area (Å²) in [7, 11) is 0. The molecule has 2 atom stereocenters. The molecule has 0 aromatic carbocycles. The molecule has 0 radical (unpaired) electrons. The average Bonchev–Trinajstić information content (AvgIpc) is 2.84. The fourth-order valence-electron chi connectivity index (χ4n) is 1.83. The van der Waals surface area contributed by atoms with Gasteiger partial charge in [-0.3, -0.25) is 4.79 Å². The average molecular weight is 160 g/mol. The number of allylic oxidation sites excluding steroid dienone is 2. The van der Waals surface area contributed by atoms with E-state index >= 15 is 0 Å². The van der Waals surface area contributed by atoms with Gasteiger partial charge in [-0.15, -0.1) is 0 Å². The molecule has 1 saturated carbocycles. The third-order valence-electron chi connectivity index (χ3n) is 2.56. The van der Waals surface area contributed by atoms with Crippen molar-refractivity contribution in [2.24, 2.45) is 5.92 Å². The van der Waals surface area contributed by atoms with Gasteiger partial charge >= 0.3 is 5.97 Å². The fourth-order valence-corrected chi connectivity index (χ4v) is 1.83. The topological polar surface area (TPSA) is 26.3 Å². The van der Waals surface area contributed by atoms with E-state index in [4.69, 9.17) is 4.74 Å². The third kappa shape index (κ3) is 0.670. The van der Waals surface area contributed by atoms with Crippen LogP contribution in [0.15, 0.2) is 35.5 Å². The molecule has 0 aromatic heterocycles. The minimum absolute atomic E-state index is 0.0429. The molecule has 0 amide bonds. The number of rotatable bonds is 0. The van der Waals surface area contributed by atoms with Crippen molar-refractivity contribution < 1.29 is 9.53 Å². The van der Waals surface area contributed by atoms with E-state index in [9.17, 15) is 4.79 Å². The number of hydrogen-bond acceptors (Lipinski definition) is 2. The Labute approximate surface area is 70.2 Å². The number of carbonyl (C=O) groups excluding carboxylic acids is 1. The molecular formula is C10H8O2. The number of carbonyl (C=O) groups is 1.